The lowest BCUT2D eigenvalue weighted by Gasteiger charge is -2.19. The van der Waals surface area contributed by atoms with Gasteiger partial charge in [0, 0.05) is 6.20 Å². The van der Waals surface area contributed by atoms with Crippen molar-refractivity contribution in [2.24, 2.45) is 0 Å². The van der Waals surface area contributed by atoms with Crippen molar-refractivity contribution in [3.05, 3.63) is 24.6 Å². The maximum absolute atomic E-state index is 5.34. The van der Waals surface area contributed by atoms with E-state index in [1.807, 2.05) is 23.4 Å². The Morgan fingerprint density at radius 2 is 1.25 bits per heavy atom. The Labute approximate surface area is 125 Å². The van der Waals surface area contributed by atoms with Crippen LogP contribution in [-0.2, 0) is 4.84 Å². The summed E-state index contributed by atoms with van der Waals surface area (Å²) in [6, 6.07) is 0. The van der Waals surface area contributed by atoms with E-state index in [2.05, 4.69) is 6.92 Å². The highest BCUT2D eigenvalue weighted by atomic mass is 16.7. The summed E-state index contributed by atoms with van der Waals surface area (Å²) in [6.07, 6.45) is 24.4. The molecule has 0 aromatic rings. The molecule has 20 heavy (non-hydrogen) atoms. The largest absolute Gasteiger partial charge is 0.388 e. The average Bonchev–Trinajstić information content (AvgIpc) is 2.49. The highest BCUT2D eigenvalue weighted by Crippen LogP contribution is 2.12. The molecule has 0 amide bonds. The van der Waals surface area contributed by atoms with E-state index in [9.17, 15) is 0 Å². The van der Waals surface area contributed by atoms with Gasteiger partial charge in [0.2, 0.25) is 0 Å². The van der Waals surface area contributed by atoms with Crippen LogP contribution in [0.15, 0.2) is 24.6 Å². The molecule has 0 bridgehead atoms. The first-order chi connectivity index (χ1) is 9.93. The number of nitrogens with zero attached hydrogens (tertiary/aromatic N) is 1. The molecule has 1 rings (SSSR count). The first-order valence-electron chi connectivity index (χ1n) is 8.70. The first-order valence-corrected chi connectivity index (χ1v) is 8.70. The fourth-order valence-corrected chi connectivity index (χ4v) is 2.58. The van der Waals surface area contributed by atoms with Crippen molar-refractivity contribution >= 4 is 0 Å². The van der Waals surface area contributed by atoms with E-state index in [1.54, 1.807) is 6.26 Å². The van der Waals surface area contributed by atoms with Gasteiger partial charge in [-0.05, 0) is 18.6 Å². The van der Waals surface area contributed by atoms with Gasteiger partial charge < -0.3 is 4.84 Å². The van der Waals surface area contributed by atoms with E-state index in [-0.39, 0.29) is 0 Å². The Morgan fingerprint density at radius 1 is 0.700 bits per heavy atom. The van der Waals surface area contributed by atoms with Crippen LogP contribution < -0.4 is 0 Å². The topological polar surface area (TPSA) is 12.5 Å². The van der Waals surface area contributed by atoms with Crippen molar-refractivity contribution in [1.82, 2.24) is 5.06 Å². The normalized spacial score (nSPS) is 13.8. The van der Waals surface area contributed by atoms with Crippen LogP contribution in [-0.4, -0.2) is 11.6 Å². The standard InChI is InChI=1S/C18H33NO/c1-2-3-4-5-6-7-8-9-10-11-12-13-16-19-17-14-15-18-20-19/h14-15,17-18H,2-13,16H2,1H3. The molecule has 0 saturated heterocycles. The number of rotatable bonds is 13. The van der Waals surface area contributed by atoms with Crippen molar-refractivity contribution in [3.8, 4) is 0 Å². The molecule has 0 aliphatic carbocycles. The summed E-state index contributed by atoms with van der Waals surface area (Å²) >= 11 is 0. The van der Waals surface area contributed by atoms with E-state index >= 15 is 0 Å². The van der Waals surface area contributed by atoms with E-state index in [4.69, 9.17) is 4.84 Å². The van der Waals surface area contributed by atoms with Crippen LogP contribution in [0.1, 0.15) is 84.0 Å². The summed E-state index contributed by atoms with van der Waals surface area (Å²) < 4.78 is 0. The average molecular weight is 279 g/mol. The molecule has 0 saturated carbocycles. The molecule has 0 aromatic heterocycles. The lowest BCUT2D eigenvalue weighted by molar-refractivity contribution is -0.0604. The first kappa shape index (κ1) is 17.1. The van der Waals surface area contributed by atoms with Gasteiger partial charge in [0.05, 0.1) is 6.54 Å². The molecule has 0 spiro atoms. The maximum atomic E-state index is 5.34. The van der Waals surface area contributed by atoms with Crippen LogP contribution in [0.2, 0.25) is 0 Å². The lowest BCUT2D eigenvalue weighted by atomic mass is 10.1. The molecule has 1 heterocycles. The monoisotopic (exact) mass is 279 g/mol. The molecule has 0 atom stereocenters. The quantitative estimate of drug-likeness (QED) is 0.385. The van der Waals surface area contributed by atoms with E-state index in [1.165, 1.54) is 77.0 Å². The molecular weight excluding hydrogens is 246 g/mol. The summed E-state index contributed by atoms with van der Waals surface area (Å²) in [7, 11) is 0. The SMILES string of the molecule is CCCCCCCCCCCCCCN1C=CC=CO1. The van der Waals surface area contributed by atoms with Crippen LogP contribution >= 0.6 is 0 Å². The van der Waals surface area contributed by atoms with Crippen LogP contribution in [0.3, 0.4) is 0 Å². The minimum absolute atomic E-state index is 1.01. The smallest absolute Gasteiger partial charge is 0.119 e. The lowest BCUT2D eigenvalue weighted by Crippen LogP contribution is -2.17. The van der Waals surface area contributed by atoms with Gasteiger partial charge in [-0.3, -0.25) is 0 Å². The third-order valence-corrected chi connectivity index (χ3v) is 3.87. The summed E-state index contributed by atoms with van der Waals surface area (Å²) in [5.74, 6) is 0. The predicted molar refractivity (Wildman–Crippen MR) is 87.1 cm³/mol. The van der Waals surface area contributed by atoms with Crippen LogP contribution in [0.25, 0.3) is 0 Å². The third kappa shape index (κ3) is 9.94. The number of allylic oxidation sites excluding steroid dienone is 2. The molecule has 0 fully saturated rings. The third-order valence-electron chi connectivity index (χ3n) is 3.87. The number of hydrogen-bond donors (Lipinski definition) is 0. The Morgan fingerprint density at radius 3 is 1.75 bits per heavy atom. The maximum Gasteiger partial charge on any atom is 0.119 e. The van der Waals surface area contributed by atoms with Gasteiger partial charge in [-0.1, -0.05) is 77.6 Å². The molecule has 1 aliphatic rings. The van der Waals surface area contributed by atoms with Gasteiger partial charge in [0.25, 0.3) is 0 Å². The molecular formula is C18H33NO. The van der Waals surface area contributed by atoms with Gasteiger partial charge in [0.1, 0.15) is 6.26 Å². The van der Waals surface area contributed by atoms with Crippen molar-refractivity contribution < 1.29 is 4.84 Å². The molecule has 2 nitrogen and oxygen atoms in total. The second kappa shape index (κ2) is 13.1. The second-order valence-corrected chi connectivity index (χ2v) is 5.81. The van der Waals surface area contributed by atoms with Crippen LogP contribution in [0.4, 0.5) is 0 Å². The minimum Gasteiger partial charge on any atom is -0.388 e. The van der Waals surface area contributed by atoms with Gasteiger partial charge in [0.15, 0.2) is 0 Å². The molecule has 1 aliphatic heterocycles. The van der Waals surface area contributed by atoms with Crippen molar-refractivity contribution in [3.63, 3.8) is 0 Å². The predicted octanol–water partition coefficient (Wildman–Crippen LogP) is 5.96. The highest BCUT2D eigenvalue weighted by molar-refractivity contribution is 5.01. The second-order valence-electron chi connectivity index (χ2n) is 5.81. The van der Waals surface area contributed by atoms with E-state index in [0.29, 0.717) is 0 Å². The molecule has 0 aromatic carbocycles. The van der Waals surface area contributed by atoms with Crippen molar-refractivity contribution in [2.75, 3.05) is 6.54 Å². The van der Waals surface area contributed by atoms with Gasteiger partial charge in [-0.2, -0.15) is 0 Å². The fraction of sp³-hybridized carbons (Fsp3) is 0.778. The number of unbranched alkanes of at least 4 members (excludes halogenated alkanes) is 11. The van der Waals surface area contributed by atoms with Gasteiger partial charge in [-0.25, -0.2) is 5.06 Å². The zero-order valence-corrected chi connectivity index (χ0v) is 13.4. The Hall–Kier alpha value is -0.920. The minimum atomic E-state index is 1.01. The summed E-state index contributed by atoms with van der Waals surface area (Å²) in [4.78, 5) is 5.34. The summed E-state index contributed by atoms with van der Waals surface area (Å²) in [5.41, 5.74) is 0. The summed E-state index contributed by atoms with van der Waals surface area (Å²) in [5, 5.41) is 1.91. The van der Waals surface area contributed by atoms with Crippen LogP contribution in [0, 0.1) is 0 Å². The molecule has 0 N–H and O–H groups in total. The molecule has 116 valence electrons. The Kier molecular flexibility index (Phi) is 11.2. The zero-order valence-electron chi connectivity index (χ0n) is 13.4. The number of hydroxylamine groups is 2. The molecule has 0 radical (unpaired) electrons. The van der Waals surface area contributed by atoms with Crippen LogP contribution in [0.5, 0.6) is 0 Å². The van der Waals surface area contributed by atoms with Gasteiger partial charge in [-0.15, -0.1) is 0 Å². The summed E-state index contributed by atoms with van der Waals surface area (Å²) in [6.45, 7) is 3.29. The van der Waals surface area contributed by atoms with Crippen molar-refractivity contribution in [2.45, 2.75) is 84.0 Å². The Balaban J connectivity index is 1.72. The van der Waals surface area contributed by atoms with Crippen molar-refractivity contribution in [1.29, 1.82) is 0 Å². The van der Waals surface area contributed by atoms with E-state index < -0.39 is 0 Å². The zero-order chi connectivity index (χ0) is 14.3. The molecule has 2 heteroatoms. The number of hydrogen-bond acceptors (Lipinski definition) is 2. The highest BCUT2D eigenvalue weighted by Gasteiger charge is 2.00. The Bertz CT molecular complexity index is 260. The van der Waals surface area contributed by atoms with Gasteiger partial charge >= 0.3 is 0 Å². The van der Waals surface area contributed by atoms with E-state index in [0.717, 1.165) is 6.54 Å². The molecule has 0 unspecified atom stereocenters. The fourth-order valence-electron chi connectivity index (χ4n) is 2.58.